The fraction of sp³-hybridized carbons (Fsp3) is 0.417. The summed E-state index contributed by atoms with van der Waals surface area (Å²) in [5, 5.41) is 11.0. The predicted octanol–water partition coefficient (Wildman–Crippen LogP) is 0.926. The van der Waals surface area contributed by atoms with Crippen molar-refractivity contribution < 1.29 is 4.79 Å². The maximum Gasteiger partial charge on any atom is 0.258 e. The highest BCUT2D eigenvalue weighted by atomic mass is 32.1. The van der Waals surface area contributed by atoms with Crippen molar-refractivity contribution in [2.24, 2.45) is 0 Å². The van der Waals surface area contributed by atoms with Gasteiger partial charge in [0.2, 0.25) is 0 Å². The summed E-state index contributed by atoms with van der Waals surface area (Å²) >= 11 is 1.21. The topological polar surface area (TPSA) is 97.9 Å². The zero-order chi connectivity index (χ0) is 13.9. The molecule has 0 radical (unpaired) electrons. The Bertz CT molecular complexity index is 589. The Morgan fingerprint density at radius 1 is 1.55 bits per heavy atom. The quantitative estimate of drug-likeness (QED) is 0.735. The number of rotatable bonds is 6. The predicted molar refractivity (Wildman–Crippen MR) is 77.7 cm³/mol. The van der Waals surface area contributed by atoms with Crippen molar-refractivity contribution in [3.63, 3.8) is 0 Å². The lowest BCUT2D eigenvalue weighted by molar-refractivity contribution is 0.0953. The Balaban J connectivity index is 1.62. The molecule has 7 nitrogen and oxygen atoms in total. The Morgan fingerprint density at radius 3 is 3.10 bits per heavy atom. The van der Waals surface area contributed by atoms with Crippen molar-refractivity contribution in [1.29, 1.82) is 0 Å². The van der Waals surface area contributed by atoms with E-state index in [-0.39, 0.29) is 11.7 Å². The molecule has 106 valence electrons. The zero-order valence-electron chi connectivity index (χ0n) is 10.9. The van der Waals surface area contributed by atoms with Gasteiger partial charge < -0.3 is 16.4 Å². The maximum absolute atomic E-state index is 12.1. The minimum atomic E-state index is -0.139. The molecule has 2 heterocycles. The van der Waals surface area contributed by atoms with Gasteiger partial charge in [-0.25, -0.2) is 0 Å². The van der Waals surface area contributed by atoms with Crippen molar-refractivity contribution in [2.75, 3.05) is 17.6 Å². The van der Waals surface area contributed by atoms with Gasteiger partial charge in [-0.2, -0.15) is 9.47 Å². The summed E-state index contributed by atoms with van der Waals surface area (Å²) in [6.07, 6.45) is 5.72. The van der Waals surface area contributed by atoms with Gasteiger partial charge in [0.05, 0.1) is 6.54 Å². The highest BCUT2D eigenvalue weighted by molar-refractivity contribution is 7.11. The second-order valence-electron chi connectivity index (χ2n) is 4.72. The van der Waals surface area contributed by atoms with E-state index in [0.29, 0.717) is 29.7 Å². The Labute approximate surface area is 120 Å². The normalized spacial score (nSPS) is 14.2. The second-order valence-corrected chi connectivity index (χ2v) is 5.49. The Kier molecular flexibility index (Phi) is 3.55. The number of anilines is 2. The van der Waals surface area contributed by atoms with E-state index in [9.17, 15) is 4.79 Å². The molecule has 1 fully saturated rings. The van der Waals surface area contributed by atoms with Crippen LogP contribution in [0.4, 0.5) is 10.8 Å². The molecule has 1 aliphatic carbocycles. The number of nitrogens with two attached hydrogens (primary N) is 1. The van der Waals surface area contributed by atoms with Crippen molar-refractivity contribution in [1.82, 2.24) is 19.5 Å². The zero-order valence-corrected chi connectivity index (χ0v) is 11.7. The second kappa shape index (κ2) is 5.49. The van der Waals surface area contributed by atoms with Gasteiger partial charge in [-0.3, -0.25) is 9.48 Å². The number of nitrogen functional groups attached to an aromatic ring is 1. The van der Waals surface area contributed by atoms with Crippen molar-refractivity contribution >= 4 is 28.3 Å². The third-order valence-electron chi connectivity index (χ3n) is 3.04. The Hall–Kier alpha value is -2.09. The van der Waals surface area contributed by atoms with Crippen LogP contribution in [0.15, 0.2) is 18.5 Å². The molecule has 8 heteroatoms. The molecule has 0 aromatic carbocycles. The van der Waals surface area contributed by atoms with Crippen molar-refractivity contribution in [2.45, 2.75) is 25.4 Å². The van der Waals surface area contributed by atoms with Crippen LogP contribution in [0.1, 0.15) is 23.2 Å². The summed E-state index contributed by atoms with van der Waals surface area (Å²) in [4.78, 5) is 12.1. The first-order chi connectivity index (χ1) is 9.74. The number of hydrogen-bond acceptors (Lipinski definition) is 6. The lowest BCUT2D eigenvalue weighted by Gasteiger charge is -2.07. The molecule has 2 aromatic rings. The number of hydrogen-bond donors (Lipinski definition) is 3. The van der Waals surface area contributed by atoms with Gasteiger partial charge in [0, 0.05) is 25.0 Å². The molecule has 1 aliphatic rings. The van der Waals surface area contributed by atoms with Gasteiger partial charge in [0.15, 0.2) is 5.82 Å². The fourth-order valence-electron chi connectivity index (χ4n) is 1.84. The summed E-state index contributed by atoms with van der Waals surface area (Å²) in [7, 11) is 0. The average molecular weight is 292 g/mol. The largest absolute Gasteiger partial charge is 0.382 e. The van der Waals surface area contributed by atoms with Crippen LogP contribution in [0.5, 0.6) is 0 Å². The summed E-state index contributed by atoms with van der Waals surface area (Å²) in [6.45, 7) is 1.38. The average Bonchev–Trinajstić information content (AvgIpc) is 2.95. The maximum atomic E-state index is 12.1. The number of carbonyl (C=O) groups excluding carboxylic acids is 1. The smallest absolute Gasteiger partial charge is 0.258 e. The summed E-state index contributed by atoms with van der Waals surface area (Å²) in [5.74, 6) is 0.148. The molecule has 0 spiro atoms. The van der Waals surface area contributed by atoms with Crippen LogP contribution in [-0.2, 0) is 6.54 Å². The van der Waals surface area contributed by atoms with E-state index in [4.69, 9.17) is 5.73 Å². The van der Waals surface area contributed by atoms with Crippen molar-refractivity contribution in [3.8, 4) is 0 Å². The molecule has 2 aromatic heterocycles. The third-order valence-corrected chi connectivity index (χ3v) is 3.86. The molecule has 0 aliphatic heterocycles. The highest BCUT2D eigenvalue weighted by Gasteiger charge is 2.27. The molecule has 0 bridgehead atoms. The third kappa shape index (κ3) is 2.90. The van der Waals surface area contributed by atoms with Gasteiger partial charge in [0.1, 0.15) is 10.6 Å². The van der Waals surface area contributed by atoms with E-state index in [2.05, 4.69) is 20.1 Å². The van der Waals surface area contributed by atoms with E-state index in [0.717, 1.165) is 12.8 Å². The first-order valence-corrected chi connectivity index (χ1v) is 7.28. The molecule has 4 N–H and O–H groups in total. The molecular formula is C12H16N6OS. The first kappa shape index (κ1) is 12.9. The SMILES string of the molecule is Nc1nsc(NCCn2cccn2)c1C(=O)NC1CC1. The van der Waals surface area contributed by atoms with Crippen LogP contribution in [0.2, 0.25) is 0 Å². The first-order valence-electron chi connectivity index (χ1n) is 6.51. The lowest BCUT2D eigenvalue weighted by atomic mass is 10.3. The molecule has 1 amide bonds. The molecule has 3 rings (SSSR count). The minimum Gasteiger partial charge on any atom is -0.382 e. The van der Waals surface area contributed by atoms with Crippen LogP contribution in [-0.4, -0.2) is 32.6 Å². The van der Waals surface area contributed by atoms with Crippen LogP contribution < -0.4 is 16.4 Å². The van der Waals surface area contributed by atoms with Crippen LogP contribution >= 0.6 is 11.5 Å². The standard InChI is InChI=1S/C12H16N6OS/c13-10-9(11(19)16-8-2-3-8)12(20-17-10)14-5-7-18-6-1-4-15-18/h1,4,6,8,14H,2-3,5,7H2,(H2,13,17)(H,16,19). The lowest BCUT2D eigenvalue weighted by Crippen LogP contribution is -2.26. The van der Waals surface area contributed by atoms with Gasteiger partial charge in [0.25, 0.3) is 5.91 Å². The van der Waals surface area contributed by atoms with Gasteiger partial charge in [-0.15, -0.1) is 0 Å². The van der Waals surface area contributed by atoms with E-state index < -0.39 is 0 Å². The van der Waals surface area contributed by atoms with E-state index in [1.807, 2.05) is 16.9 Å². The molecule has 20 heavy (non-hydrogen) atoms. The summed E-state index contributed by atoms with van der Waals surface area (Å²) < 4.78 is 5.88. The fourth-order valence-corrected chi connectivity index (χ4v) is 2.58. The molecular weight excluding hydrogens is 276 g/mol. The number of aromatic nitrogens is 3. The Morgan fingerprint density at radius 2 is 2.40 bits per heavy atom. The van der Waals surface area contributed by atoms with Crippen LogP contribution in [0.3, 0.4) is 0 Å². The minimum absolute atomic E-state index is 0.139. The summed E-state index contributed by atoms with van der Waals surface area (Å²) in [6, 6.07) is 2.18. The molecule has 0 atom stereocenters. The van der Waals surface area contributed by atoms with E-state index in [1.165, 1.54) is 11.5 Å². The van der Waals surface area contributed by atoms with Gasteiger partial charge in [-0.1, -0.05) is 0 Å². The number of nitrogens with one attached hydrogen (secondary N) is 2. The van der Waals surface area contributed by atoms with Crippen LogP contribution in [0, 0.1) is 0 Å². The number of amides is 1. The van der Waals surface area contributed by atoms with Gasteiger partial charge in [-0.05, 0) is 30.4 Å². The van der Waals surface area contributed by atoms with Gasteiger partial charge >= 0.3 is 0 Å². The van der Waals surface area contributed by atoms with E-state index >= 15 is 0 Å². The number of carbonyl (C=O) groups is 1. The molecule has 0 unspecified atom stereocenters. The highest BCUT2D eigenvalue weighted by Crippen LogP contribution is 2.28. The molecule has 1 saturated carbocycles. The summed E-state index contributed by atoms with van der Waals surface area (Å²) in [5.41, 5.74) is 6.25. The number of nitrogens with zero attached hydrogens (tertiary/aromatic N) is 3. The van der Waals surface area contributed by atoms with Crippen LogP contribution in [0.25, 0.3) is 0 Å². The van der Waals surface area contributed by atoms with E-state index in [1.54, 1.807) is 6.20 Å². The van der Waals surface area contributed by atoms with Crippen molar-refractivity contribution in [3.05, 3.63) is 24.0 Å². The molecule has 0 saturated heterocycles. The monoisotopic (exact) mass is 292 g/mol.